The van der Waals surface area contributed by atoms with Gasteiger partial charge in [-0.1, -0.05) is 24.6 Å². The number of amidine groups is 1. The second kappa shape index (κ2) is 4.81. The highest BCUT2D eigenvalue weighted by molar-refractivity contribution is 8.14. The summed E-state index contributed by atoms with van der Waals surface area (Å²) in [6, 6.07) is 0.493. The molecule has 17 heavy (non-hydrogen) atoms. The molecule has 3 fully saturated rings. The summed E-state index contributed by atoms with van der Waals surface area (Å²) < 4.78 is 5.44. The molecule has 4 heteroatoms. The van der Waals surface area contributed by atoms with Crippen molar-refractivity contribution in [3.05, 3.63) is 0 Å². The van der Waals surface area contributed by atoms with E-state index in [1.54, 1.807) is 0 Å². The van der Waals surface area contributed by atoms with Gasteiger partial charge in [0.15, 0.2) is 5.17 Å². The summed E-state index contributed by atoms with van der Waals surface area (Å²) in [4.78, 5) is 4.83. The fourth-order valence-corrected chi connectivity index (χ4v) is 4.01. The zero-order valence-corrected chi connectivity index (χ0v) is 11.4. The third-order valence-electron chi connectivity index (χ3n) is 4.02. The lowest BCUT2D eigenvalue weighted by atomic mass is 9.93. The van der Waals surface area contributed by atoms with Crippen molar-refractivity contribution in [1.82, 2.24) is 5.32 Å². The lowest BCUT2D eigenvalue weighted by Gasteiger charge is -2.32. The normalized spacial score (nSPS) is 31.7. The van der Waals surface area contributed by atoms with Crippen LogP contribution in [0.25, 0.3) is 0 Å². The number of aliphatic imine (C=N–C) groups is 1. The standard InChI is InChI=1S/C13H22N2OS/c1-10(8-11-2-3-11)14-12-15-13(9-17-12)4-6-16-7-5-13/h10-11H,2-9H2,1H3,(H,14,15). The lowest BCUT2D eigenvalue weighted by Crippen LogP contribution is -2.48. The smallest absolute Gasteiger partial charge is 0.157 e. The van der Waals surface area contributed by atoms with Crippen molar-refractivity contribution in [2.45, 2.75) is 50.6 Å². The van der Waals surface area contributed by atoms with E-state index in [4.69, 9.17) is 9.73 Å². The molecule has 3 nitrogen and oxygen atoms in total. The highest BCUT2D eigenvalue weighted by Crippen LogP contribution is 2.35. The molecule has 0 aromatic heterocycles. The topological polar surface area (TPSA) is 33.6 Å². The van der Waals surface area contributed by atoms with Crippen molar-refractivity contribution in [2.24, 2.45) is 10.9 Å². The Morgan fingerprint density at radius 3 is 2.94 bits per heavy atom. The van der Waals surface area contributed by atoms with Gasteiger partial charge in [0.05, 0.1) is 11.6 Å². The molecule has 0 aromatic rings. The SMILES string of the molecule is CC(CC1CC1)N=C1NC2(CCOCC2)CS1. The Bertz CT molecular complexity index is 309. The van der Waals surface area contributed by atoms with Crippen LogP contribution in [0.2, 0.25) is 0 Å². The van der Waals surface area contributed by atoms with E-state index < -0.39 is 0 Å². The summed E-state index contributed by atoms with van der Waals surface area (Å²) in [6.45, 7) is 4.06. The van der Waals surface area contributed by atoms with Crippen LogP contribution in [0.5, 0.6) is 0 Å². The first kappa shape index (κ1) is 11.8. The van der Waals surface area contributed by atoms with Gasteiger partial charge in [0, 0.05) is 19.0 Å². The predicted molar refractivity (Wildman–Crippen MR) is 72.6 cm³/mol. The predicted octanol–water partition coefficient (Wildman–Crippen LogP) is 2.42. The van der Waals surface area contributed by atoms with Gasteiger partial charge >= 0.3 is 0 Å². The Balaban J connectivity index is 1.56. The first-order valence-corrected chi connectivity index (χ1v) is 7.81. The van der Waals surface area contributed by atoms with Crippen molar-refractivity contribution >= 4 is 16.9 Å². The second-order valence-corrected chi connectivity index (χ2v) is 6.73. The van der Waals surface area contributed by atoms with Crippen molar-refractivity contribution < 1.29 is 4.74 Å². The van der Waals surface area contributed by atoms with Gasteiger partial charge in [-0.2, -0.15) is 0 Å². The summed E-state index contributed by atoms with van der Waals surface area (Å²) in [5.74, 6) is 2.14. The molecule has 2 aliphatic heterocycles. The van der Waals surface area contributed by atoms with Crippen LogP contribution in [-0.4, -0.2) is 35.7 Å². The molecule has 1 unspecified atom stereocenters. The van der Waals surface area contributed by atoms with E-state index in [0.29, 0.717) is 11.6 Å². The Labute approximate surface area is 108 Å². The van der Waals surface area contributed by atoms with Gasteiger partial charge in [0.1, 0.15) is 0 Å². The average molecular weight is 254 g/mol. The van der Waals surface area contributed by atoms with Gasteiger partial charge in [0.25, 0.3) is 0 Å². The Morgan fingerprint density at radius 1 is 1.47 bits per heavy atom. The quantitative estimate of drug-likeness (QED) is 0.840. The first-order chi connectivity index (χ1) is 8.26. The molecule has 0 bridgehead atoms. The molecule has 0 radical (unpaired) electrons. The maximum atomic E-state index is 5.44. The third-order valence-corrected chi connectivity index (χ3v) is 5.19. The summed E-state index contributed by atoms with van der Waals surface area (Å²) >= 11 is 1.91. The van der Waals surface area contributed by atoms with E-state index in [0.717, 1.165) is 32.0 Å². The molecule has 1 saturated carbocycles. The van der Waals surface area contributed by atoms with Gasteiger partial charge in [-0.15, -0.1) is 0 Å². The molecule has 2 heterocycles. The largest absolute Gasteiger partial charge is 0.381 e. The van der Waals surface area contributed by atoms with Crippen LogP contribution in [0.4, 0.5) is 0 Å². The van der Waals surface area contributed by atoms with Crippen molar-refractivity contribution in [3.63, 3.8) is 0 Å². The minimum absolute atomic E-state index is 0.293. The van der Waals surface area contributed by atoms with Crippen molar-refractivity contribution in [3.8, 4) is 0 Å². The summed E-state index contributed by atoms with van der Waals surface area (Å²) in [6.07, 6.45) is 6.40. The molecule has 0 amide bonds. The molecule has 96 valence electrons. The molecule has 0 aromatic carbocycles. The first-order valence-electron chi connectivity index (χ1n) is 6.82. The number of nitrogens with one attached hydrogen (secondary N) is 1. The number of ether oxygens (including phenoxy) is 1. The van der Waals surface area contributed by atoms with E-state index in [9.17, 15) is 0 Å². The molecule has 3 aliphatic rings. The maximum absolute atomic E-state index is 5.44. The number of thioether (sulfide) groups is 1. The third kappa shape index (κ3) is 2.97. The number of rotatable bonds is 3. The summed E-state index contributed by atoms with van der Waals surface area (Å²) in [5.41, 5.74) is 0.293. The zero-order chi connectivity index (χ0) is 11.7. The molecule has 1 atom stereocenters. The van der Waals surface area contributed by atoms with E-state index in [1.807, 2.05) is 11.8 Å². The van der Waals surface area contributed by atoms with Crippen LogP contribution in [-0.2, 0) is 4.74 Å². The fourth-order valence-electron chi connectivity index (χ4n) is 2.70. The zero-order valence-electron chi connectivity index (χ0n) is 10.6. The number of hydrogen-bond acceptors (Lipinski definition) is 3. The molecular formula is C13H22N2OS. The van der Waals surface area contributed by atoms with Gasteiger partial charge < -0.3 is 10.1 Å². The Kier molecular flexibility index (Phi) is 3.35. The maximum Gasteiger partial charge on any atom is 0.157 e. The van der Waals surface area contributed by atoms with Gasteiger partial charge in [-0.25, -0.2) is 0 Å². The molecular weight excluding hydrogens is 232 g/mol. The van der Waals surface area contributed by atoms with Gasteiger partial charge in [-0.3, -0.25) is 4.99 Å². The van der Waals surface area contributed by atoms with E-state index in [-0.39, 0.29) is 0 Å². The molecule has 3 rings (SSSR count). The van der Waals surface area contributed by atoms with Crippen LogP contribution in [0.1, 0.15) is 39.0 Å². The minimum atomic E-state index is 0.293. The molecule has 2 saturated heterocycles. The lowest BCUT2D eigenvalue weighted by molar-refractivity contribution is 0.0555. The molecule has 1 N–H and O–H groups in total. The van der Waals surface area contributed by atoms with E-state index >= 15 is 0 Å². The van der Waals surface area contributed by atoms with Crippen LogP contribution >= 0.6 is 11.8 Å². The van der Waals surface area contributed by atoms with Crippen LogP contribution in [0, 0.1) is 5.92 Å². The minimum Gasteiger partial charge on any atom is -0.381 e. The Hall–Kier alpha value is -0.220. The number of hydrogen-bond donors (Lipinski definition) is 1. The van der Waals surface area contributed by atoms with Crippen LogP contribution < -0.4 is 5.32 Å². The van der Waals surface area contributed by atoms with Crippen LogP contribution in [0.15, 0.2) is 4.99 Å². The highest BCUT2D eigenvalue weighted by atomic mass is 32.2. The Morgan fingerprint density at radius 2 is 2.24 bits per heavy atom. The van der Waals surface area contributed by atoms with Crippen molar-refractivity contribution in [2.75, 3.05) is 19.0 Å². The number of nitrogens with zero attached hydrogens (tertiary/aromatic N) is 1. The van der Waals surface area contributed by atoms with Gasteiger partial charge in [0.2, 0.25) is 0 Å². The van der Waals surface area contributed by atoms with E-state index in [2.05, 4.69) is 12.2 Å². The molecule has 1 spiro atoms. The van der Waals surface area contributed by atoms with Crippen LogP contribution in [0.3, 0.4) is 0 Å². The highest BCUT2D eigenvalue weighted by Gasteiger charge is 2.38. The fraction of sp³-hybridized carbons (Fsp3) is 0.923. The average Bonchev–Trinajstić information content (AvgIpc) is 3.04. The monoisotopic (exact) mass is 254 g/mol. The second-order valence-electron chi connectivity index (χ2n) is 5.77. The van der Waals surface area contributed by atoms with Crippen molar-refractivity contribution in [1.29, 1.82) is 0 Å². The molecule has 1 aliphatic carbocycles. The summed E-state index contributed by atoms with van der Waals surface area (Å²) in [7, 11) is 0. The summed E-state index contributed by atoms with van der Waals surface area (Å²) in [5, 5.41) is 4.84. The van der Waals surface area contributed by atoms with E-state index in [1.165, 1.54) is 30.2 Å². The van der Waals surface area contributed by atoms with Gasteiger partial charge in [-0.05, 0) is 32.1 Å².